The number of guanidine groups is 2. The summed E-state index contributed by atoms with van der Waals surface area (Å²) in [6.07, 6.45) is 0.580. The Hall–Kier alpha value is -7.38. The van der Waals surface area contributed by atoms with Crippen molar-refractivity contribution in [2.45, 2.75) is 182 Å². The van der Waals surface area contributed by atoms with E-state index < -0.39 is 144 Å². The van der Waals surface area contributed by atoms with Crippen molar-refractivity contribution >= 4 is 100 Å². The van der Waals surface area contributed by atoms with Crippen molar-refractivity contribution in [2.24, 2.45) is 74.3 Å². The molecule has 1 heterocycles. The molecule has 5 amide bonds. The molecule has 0 spiro atoms. The molecular weight excluding hydrogens is 1120 g/mol. The fourth-order valence-corrected chi connectivity index (χ4v) is 10.1. The van der Waals surface area contributed by atoms with Crippen molar-refractivity contribution in [3.05, 3.63) is 36.0 Å². The van der Waals surface area contributed by atoms with Crippen molar-refractivity contribution in [2.75, 3.05) is 18.8 Å². The lowest BCUT2D eigenvalue weighted by molar-refractivity contribution is -0.142. The lowest BCUT2D eigenvalue weighted by atomic mass is 9.85. The Labute approximate surface area is 503 Å². The molecule has 25 nitrogen and oxygen atoms in total. The number of rotatable bonds is 43. The predicted molar refractivity (Wildman–Crippen MR) is 327 cm³/mol. The molecular formula is C59H94N12O13S. The Morgan fingerprint density at radius 1 is 0.588 bits per heavy atom. The number of nitrogens with one attached hydrogen (secondary N) is 6. The lowest BCUT2D eigenvalue weighted by Gasteiger charge is -2.28. The summed E-state index contributed by atoms with van der Waals surface area (Å²) in [5, 5.41) is 33.5. The van der Waals surface area contributed by atoms with E-state index in [-0.39, 0.29) is 113 Å². The zero-order valence-corrected chi connectivity index (χ0v) is 51.5. The maximum Gasteiger partial charge on any atom is 0.325 e. The second-order valence-corrected chi connectivity index (χ2v) is 23.2. The third kappa shape index (κ3) is 27.0. The number of nitrogens with zero attached hydrogens (tertiary/aromatic N) is 2. The van der Waals surface area contributed by atoms with E-state index in [1.54, 1.807) is 27.0 Å². The third-order valence-electron chi connectivity index (χ3n) is 14.8. The van der Waals surface area contributed by atoms with Crippen LogP contribution < -0.4 is 49.5 Å². The zero-order chi connectivity index (χ0) is 64.1. The molecule has 2 rings (SSSR count). The maximum atomic E-state index is 14.4. The average Bonchev–Trinajstić information content (AvgIpc) is 3.46. The lowest BCUT2D eigenvalue weighted by Crippen LogP contribution is -2.50. The number of benzene rings is 1. The number of hydrogen-bond acceptors (Lipinski definition) is 14. The molecule has 0 bridgehead atoms. The summed E-state index contributed by atoms with van der Waals surface area (Å²) in [7, 11) is 0. The molecule has 2 aromatic rings. The van der Waals surface area contributed by atoms with E-state index in [2.05, 4.69) is 54.2 Å². The van der Waals surface area contributed by atoms with Gasteiger partial charge in [-0.1, -0.05) is 73.1 Å². The van der Waals surface area contributed by atoms with E-state index >= 15 is 0 Å². The number of amides is 5. The number of hydrogen-bond donors (Lipinski definition) is 13. The Balaban J connectivity index is 2.47. The first-order valence-electron chi connectivity index (χ1n) is 29.3. The number of para-hydroxylation sites is 1. The number of Topliss-reactive ketones (excluding diaryl/α,β-unsaturated/α-hetero) is 4. The van der Waals surface area contributed by atoms with Gasteiger partial charge in [-0.05, 0) is 81.3 Å². The van der Waals surface area contributed by atoms with Crippen LogP contribution >= 0.6 is 12.6 Å². The largest absolute Gasteiger partial charge is 0.481 e. The van der Waals surface area contributed by atoms with Crippen molar-refractivity contribution in [3.8, 4) is 0 Å². The molecule has 26 heteroatoms. The number of carboxylic acid groups (broad SMARTS) is 2. The van der Waals surface area contributed by atoms with Crippen LogP contribution in [-0.2, 0) is 59.2 Å². The maximum absolute atomic E-state index is 14.4. The van der Waals surface area contributed by atoms with Gasteiger partial charge < -0.3 is 64.7 Å². The number of aromatic amines is 1. The summed E-state index contributed by atoms with van der Waals surface area (Å²) >= 11 is 4.39. The Morgan fingerprint density at radius 3 is 1.60 bits per heavy atom. The van der Waals surface area contributed by atoms with Gasteiger partial charge in [0, 0.05) is 98.6 Å². The zero-order valence-electron chi connectivity index (χ0n) is 50.6. The number of aromatic nitrogens is 1. The summed E-state index contributed by atoms with van der Waals surface area (Å²) in [5.74, 6) is -13.7. The minimum absolute atomic E-state index is 0.0101. The summed E-state index contributed by atoms with van der Waals surface area (Å²) in [6, 6.07) is 1.43. The highest BCUT2D eigenvalue weighted by Crippen LogP contribution is 2.25. The van der Waals surface area contributed by atoms with Gasteiger partial charge in [0.25, 0.3) is 0 Å². The molecule has 0 aliphatic rings. The van der Waals surface area contributed by atoms with Crippen molar-refractivity contribution in [3.63, 3.8) is 0 Å². The third-order valence-corrected chi connectivity index (χ3v) is 15.2. The number of H-pyrrole nitrogens is 1. The highest BCUT2D eigenvalue weighted by atomic mass is 32.1. The van der Waals surface area contributed by atoms with Gasteiger partial charge in [-0.15, -0.1) is 0 Å². The second kappa shape index (κ2) is 37.8. The second-order valence-electron chi connectivity index (χ2n) is 22.8. The molecule has 1 aromatic carbocycles. The van der Waals surface area contributed by atoms with Gasteiger partial charge in [0.05, 0.1) is 30.1 Å². The van der Waals surface area contributed by atoms with E-state index in [9.17, 15) is 63.0 Å². The van der Waals surface area contributed by atoms with Crippen LogP contribution in [0, 0.1) is 41.4 Å². The monoisotopic (exact) mass is 1210 g/mol. The first-order valence-corrected chi connectivity index (χ1v) is 30.0. The Bertz CT molecular complexity index is 2650. The first-order chi connectivity index (χ1) is 40.0. The predicted octanol–water partition coefficient (Wildman–Crippen LogP) is 2.99. The van der Waals surface area contributed by atoms with E-state index in [1.165, 1.54) is 6.92 Å². The molecule has 0 radical (unpaired) electrons. The van der Waals surface area contributed by atoms with Crippen LogP contribution in [0.25, 0.3) is 10.9 Å². The van der Waals surface area contributed by atoms with Crippen LogP contribution in [0.2, 0.25) is 0 Å². The van der Waals surface area contributed by atoms with Gasteiger partial charge in [0.15, 0.2) is 35.1 Å². The van der Waals surface area contributed by atoms with Crippen molar-refractivity contribution < 1.29 is 63.0 Å². The number of nitrogens with two attached hydrogens (primary N) is 4. The number of fused-ring (bicyclic) bond motifs is 1. The number of thiol groups is 1. The molecule has 85 heavy (non-hydrogen) atoms. The molecule has 0 aliphatic heterocycles. The molecule has 0 saturated carbocycles. The molecule has 0 unspecified atom stereocenters. The van der Waals surface area contributed by atoms with Gasteiger partial charge in [-0.25, -0.2) is 0 Å². The molecule has 0 aliphatic carbocycles. The van der Waals surface area contributed by atoms with Crippen LogP contribution in [0.3, 0.4) is 0 Å². The normalized spacial score (nSPS) is 14.9. The van der Waals surface area contributed by atoms with Crippen LogP contribution in [0.1, 0.15) is 151 Å². The molecule has 474 valence electrons. The van der Waals surface area contributed by atoms with E-state index in [1.807, 2.05) is 52.0 Å². The Kier molecular flexibility index (Phi) is 32.8. The van der Waals surface area contributed by atoms with Gasteiger partial charge in [0.1, 0.15) is 6.04 Å². The summed E-state index contributed by atoms with van der Waals surface area (Å²) in [6.45, 7) is 14.0. The SMILES string of the molecule is CCC(=O)N[C@@H](Cc1c[nH]c2ccccc12)C(=O)C[C@@H](CCCN=C(N)N)C(=O)N[C@@H](CC(C)C)C(=O)C[C@@H](CS)C(=O)N[C@@H](CCC(=O)O)C(=O)C[C@@H](CCCN=C(N)N)C(=O)N[C@H](C(=O)C[C@@H](CC(C)C)C(=O)N[C@@H](C)C(=O)O)[C@@H](C)CC. The van der Waals surface area contributed by atoms with Gasteiger partial charge >= 0.3 is 11.9 Å². The minimum Gasteiger partial charge on any atom is -0.481 e. The number of aliphatic imine (C=N–C) groups is 2. The number of ketones is 4. The standard InChI is InChI=1S/C59H94N12O13S/c1-9-34(7)52(49(75)28-38(23-32(3)4)55(81)67-35(8)57(83)84)71-54(80)37(16-14-22-65-59(62)63)26-46(72)43(19-20-51(77)78)69-56(82)40(31-85)29-48(74)44(24-33(5)6)70-53(79)36(15-13-21-64-58(60)61)27-47(73)45(68-50(76)10-2)25-39-30-66-42-18-12-11-17-41(39)42/h11-12,17-18,30,32-38,40,43-45,52,66,85H,9-10,13-16,19-29,31H2,1-8H3,(H,67,81)(H,68,76)(H,69,82)(H,70,79)(H,71,80)(H,77,78)(H,83,84)(H4,60,61,64)(H4,62,63,65)/t34-,35-,36+,37+,38+,40-,43-,44-,45-,52-/m0/s1. The first kappa shape index (κ1) is 73.7. The fraction of sp³-hybridized carbons (Fsp3) is 0.644. The molecule has 0 saturated heterocycles. The topological polar surface area (TPSA) is 433 Å². The average molecular weight is 1210 g/mol. The molecule has 16 N–H and O–H groups in total. The highest BCUT2D eigenvalue weighted by molar-refractivity contribution is 7.80. The van der Waals surface area contributed by atoms with Crippen LogP contribution in [0.5, 0.6) is 0 Å². The fourth-order valence-electron chi connectivity index (χ4n) is 9.77. The van der Waals surface area contributed by atoms with Crippen LogP contribution in [0.4, 0.5) is 0 Å². The smallest absolute Gasteiger partial charge is 0.325 e. The minimum atomic E-state index is -1.49. The van der Waals surface area contributed by atoms with E-state index in [4.69, 9.17) is 22.9 Å². The van der Waals surface area contributed by atoms with Crippen LogP contribution in [0.15, 0.2) is 40.4 Å². The van der Waals surface area contributed by atoms with Crippen molar-refractivity contribution in [1.82, 2.24) is 31.6 Å². The summed E-state index contributed by atoms with van der Waals surface area (Å²) < 4.78 is 0. The number of carbonyl (C=O) groups excluding carboxylic acids is 9. The molecule has 10 atom stereocenters. The number of carbonyl (C=O) groups is 11. The molecule has 1 aromatic heterocycles. The number of carboxylic acids is 2. The summed E-state index contributed by atoms with van der Waals surface area (Å²) in [4.78, 5) is 161. The van der Waals surface area contributed by atoms with Gasteiger partial charge in [0.2, 0.25) is 29.5 Å². The number of aliphatic carboxylic acids is 2. The van der Waals surface area contributed by atoms with Crippen LogP contribution in [-0.4, -0.2) is 141 Å². The van der Waals surface area contributed by atoms with Crippen molar-refractivity contribution in [1.29, 1.82) is 0 Å². The highest BCUT2D eigenvalue weighted by Gasteiger charge is 2.37. The van der Waals surface area contributed by atoms with E-state index in [0.717, 1.165) is 16.5 Å². The van der Waals surface area contributed by atoms with Gasteiger partial charge in [-0.2, -0.15) is 12.6 Å². The quantitative estimate of drug-likeness (QED) is 0.0196. The van der Waals surface area contributed by atoms with Gasteiger partial charge in [-0.3, -0.25) is 62.7 Å². The molecule has 0 fully saturated rings. The van der Waals surface area contributed by atoms with E-state index in [0.29, 0.717) is 6.42 Å². The Morgan fingerprint density at radius 2 is 1.08 bits per heavy atom. The summed E-state index contributed by atoms with van der Waals surface area (Å²) in [5.41, 5.74) is 23.8.